The van der Waals surface area contributed by atoms with Gasteiger partial charge in [0.25, 0.3) is 5.56 Å². The molecule has 90 valence electrons. The fraction of sp³-hybridized carbons (Fsp3) is 0.364. The lowest BCUT2D eigenvalue weighted by molar-refractivity contribution is 0.440. The number of aromatic amines is 1. The lowest BCUT2D eigenvalue weighted by atomic mass is 10.2. The zero-order valence-electron chi connectivity index (χ0n) is 9.65. The number of aromatic nitrogens is 3. The van der Waals surface area contributed by atoms with Crippen LogP contribution in [0.5, 0.6) is 5.88 Å². The van der Waals surface area contributed by atoms with Crippen LogP contribution in [0.1, 0.15) is 29.0 Å². The molecule has 0 radical (unpaired) electrons. The van der Waals surface area contributed by atoms with Gasteiger partial charge in [-0.25, -0.2) is 4.98 Å². The third-order valence-corrected chi connectivity index (χ3v) is 3.23. The van der Waals surface area contributed by atoms with E-state index < -0.39 is 0 Å². The Morgan fingerprint density at radius 2 is 2.24 bits per heavy atom. The number of aryl methyl sites for hydroxylation is 1. The van der Waals surface area contributed by atoms with Gasteiger partial charge >= 0.3 is 0 Å². The fourth-order valence-electron chi connectivity index (χ4n) is 1.59. The molecule has 0 spiro atoms. The fourth-order valence-corrected chi connectivity index (χ4v) is 2.21. The van der Waals surface area contributed by atoms with Crippen molar-refractivity contribution in [3.8, 4) is 5.88 Å². The second kappa shape index (κ2) is 4.67. The first-order valence-electron chi connectivity index (χ1n) is 5.32. The van der Waals surface area contributed by atoms with Gasteiger partial charge in [0.2, 0.25) is 5.88 Å². The highest BCUT2D eigenvalue weighted by Gasteiger charge is 2.10. The average molecular weight is 251 g/mol. The Labute approximate surface area is 102 Å². The first-order valence-corrected chi connectivity index (χ1v) is 6.20. The second-order valence-corrected chi connectivity index (χ2v) is 4.77. The first kappa shape index (κ1) is 11.8. The van der Waals surface area contributed by atoms with Gasteiger partial charge in [0.15, 0.2) is 0 Å². The van der Waals surface area contributed by atoms with Crippen molar-refractivity contribution in [2.24, 2.45) is 0 Å². The van der Waals surface area contributed by atoms with Gasteiger partial charge in [-0.05, 0) is 13.3 Å². The predicted molar refractivity (Wildman–Crippen MR) is 65.6 cm³/mol. The summed E-state index contributed by atoms with van der Waals surface area (Å²) in [6.45, 7) is 3.72. The molecule has 2 aromatic heterocycles. The number of nitrogens with one attached hydrogen (secondary N) is 1. The summed E-state index contributed by atoms with van der Waals surface area (Å²) in [5.74, 6) is 0.258. The summed E-state index contributed by atoms with van der Waals surface area (Å²) in [5, 5.41) is 12.5. The van der Waals surface area contributed by atoms with Gasteiger partial charge in [0.1, 0.15) is 5.82 Å². The van der Waals surface area contributed by atoms with Crippen LogP contribution in [0.15, 0.2) is 10.2 Å². The average Bonchev–Trinajstić information content (AvgIpc) is 2.63. The van der Waals surface area contributed by atoms with E-state index in [0.717, 1.165) is 10.7 Å². The van der Waals surface area contributed by atoms with Crippen molar-refractivity contribution >= 4 is 11.3 Å². The molecule has 2 aromatic rings. The lowest BCUT2D eigenvalue weighted by Gasteiger charge is -2.02. The Balaban J connectivity index is 2.32. The molecule has 0 aromatic carbocycles. The zero-order chi connectivity index (χ0) is 12.4. The molecule has 0 aliphatic heterocycles. The van der Waals surface area contributed by atoms with Crippen molar-refractivity contribution in [2.45, 2.75) is 26.7 Å². The number of rotatable bonds is 3. The summed E-state index contributed by atoms with van der Waals surface area (Å²) < 4.78 is 0. The maximum absolute atomic E-state index is 11.6. The topological polar surface area (TPSA) is 78.9 Å². The second-order valence-electron chi connectivity index (χ2n) is 3.70. The van der Waals surface area contributed by atoms with Crippen LogP contribution in [0.25, 0.3) is 0 Å². The molecular formula is C11H13N3O2S. The van der Waals surface area contributed by atoms with Crippen LogP contribution in [0.4, 0.5) is 0 Å². The Bertz CT molecular complexity index is 589. The minimum absolute atomic E-state index is 0.182. The Morgan fingerprint density at radius 1 is 1.47 bits per heavy atom. The number of hydrogen-bond donors (Lipinski definition) is 2. The van der Waals surface area contributed by atoms with Gasteiger partial charge in [0.05, 0.1) is 16.3 Å². The third kappa shape index (κ3) is 2.52. The lowest BCUT2D eigenvalue weighted by Crippen LogP contribution is -2.16. The third-order valence-electron chi connectivity index (χ3n) is 2.41. The van der Waals surface area contributed by atoms with E-state index in [1.807, 2.05) is 12.3 Å². The van der Waals surface area contributed by atoms with Crippen LogP contribution in [0, 0.1) is 6.92 Å². The van der Waals surface area contributed by atoms with E-state index in [9.17, 15) is 9.90 Å². The summed E-state index contributed by atoms with van der Waals surface area (Å²) in [6, 6.07) is 0. The summed E-state index contributed by atoms with van der Waals surface area (Å²) in [5.41, 5.74) is 0.893. The quantitative estimate of drug-likeness (QED) is 0.864. The zero-order valence-corrected chi connectivity index (χ0v) is 10.5. The Kier molecular flexibility index (Phi) is 3.23. The maximum Gasteiger partial charge on any atom is 0.257 e. The van der Waals surface area contributed by atoms with Crippen LogP contribution in [-0.4, -0.2) is 20.1 Å². The van der Waals surface area contributed by atoms with Crippen LogP contribution < -0.4 is 5.56 Å². The minimum atomic E-state index is -0.276. The van der Waals surface area contributed by atoms with Gasteiger partial charge in [-0.2, -0.15) is 4.98 Å². The van der Waals surface area contributed by atoms with Gasteiger partial charge in [-0.3, -0.25) is 4.79 Å². The van der Waals surface area contributed by atoms with E-state index in [4.69, 9.17) is 0 Å². The van der Waals surface area contributed by atoms with E-state index in [-0.39, 0.29) is 11.4 Å². The molecule has 0 bridgehead atoms. The van der Waals surface area contributed by atoms with Crippen molar-refractivity contribution in [3.63, 3.8) is 0 Å². The van der Waals surface area contributed by atoms with Crippen molar-refractivity contribution in [3.05, 3.63) is 37.8 Å². The van der Waals surface area contributed by atoms with E-state index in [2.05, 4.69) is 15.0 Å². The van der Waals surface area contributed by atoms with Crippen molar-refractivity contribution in [2.75, 3.05) is 0 Å². The molecule has 0 saturated carbocycles. The molecule has 17 heavy (non-hydrogen) atoms. The molecule has 0 atom stereocenters. The highest BCUT2D eigenvalue weighted by molar-refractivity contribution is 7.09. The molecule has 0 aliphatic rings. The number of aromatic hydroxyl groups is 1. The summed E-state index contributed by atoms with van der Waals surface area (Å²) >= 11 is 1.55. The smallest absolute Gasteiger partial charge is 0.257 e. The van der Waals surface area contributed by atoms with E-state index in [0.29, 0.717) is 24.2 Å². The van der Waals surface area contributed by atoms with Crippen molar-refractivity contribution < 1.29 is 5.11 Å². The summed E-state index contributed by atoms with van der Waals surface area (Å²) in [4.78, 5) is 22.5. The molecule has 6 heteroatoms. The van der Waals surface area contributed by atoms with E-state index >= 15 is 0 Å². The maximum atomic E-state index is 11.6. The molecule has 0 fully saturated rings. The molecule has 2 rings (SSSR count). The summed E-state index contributed by atoms with van der Waals surface area (Å²) in [7, 11) is 0. The molecular weight excluding hydrogens is 238 g/mol. The predicted octanol–water partition coefficient (Wildman–Crippen LogP) is 1.39. The van der Waals surface area contributed by atoms with Gasteiger partial charge in [-0.1, -0.05) is 6.92 Å². The van der Waals surface area contributed by atoms with E-state index in [1.165, 1.54) is 0 Å². The Morgan fingerprint density at radius 3 is 2.76 bits per heavy atom. The molecule has 0 aliphatic carbocycles. The SMILES string of the molecule is CCc1c(O)nc(Cc2csc(C)n2)[nH]c1=O. The molecule has 2 N–H and O–H groups in total. The van der Waals surface area contributed by atoms with Crippen molar-refractivity contribution in [1.29, 1.82) is 0 Å². The number of nitrogens with zero attached hydrogens (tertiary/aromatic N) is 2. The first-order chi connectivity index (χ1) is 8.10. The van der Waals surface area contributed by atoms with Crippen LogP contribution in [0.2, 0.25) is 0 Å². The highest BCUT2D eigenvalue weighted by atomic mass is 32.1. The molecule has 5 nitrogen and oxygen atoms in total. The number of hydrogen-bond acceptors (Lipinski definition) is 5. The molecule has 0 unspecified atom stereocenters. The highest BCUT2D eigenvalue weighted by Crippen LogP contribution is 2.13. The molecule has 0 saturated heterocycles. The molecule has 2 heterocycles. The number of thiazole rings is 1. The minimum Gasteiger partial charge on any atom is -0.493 e. The largest absolute Gasteiger partial charge is 0.493 e. The normalized spacial score (nSPS) is 10.7. The van der Waals surface area contributed by atoms with E-state index in [1.54, 1.807) is 18.3 Å². The van der Waals surface area contributed by atoms with Crippen LogP contribution in [-0.2, 0) is 12.8 Å². The monoisotopic (exact) mass is 251 g/mol. The molecule has 0 amide bonds. The van der Waals surface area contributed by atoms with Gasteiger partial charge in [0, 0.05) is 11.8 Å². The Hall–Kier alpha value is -1.69. The van der Waals surface area contributed by atoms with Crippen molar-refractivity contribution in [1.82, 2.24) is 15.0 Å². The standard InChI is InChI=1S/C11H13N3O2S/c1-3-8-10(15)13-9(14-11(8)16)4-7-5-17-6(2)12-7/h5H,3-4H2,1-2H3,(H2,13,14,15,16). The van der Waals surface area contributed by atoms with Gasteiger partial charge in [-0.15, -0.1) is 11.3 Å². The van der Waals surface area contributed by atoms with Gasteiger partial charge < -0.3 is 10.1 Å². The summed E-state index contributed by atoms with van der Waals surface area (Å²) in [6.07, 6.45) is 0.890. The number of H-pyrrole nitrogens is 1. The van der Waals surface area contributed by atoms with Crippen LogP contribution in [0.3, 0.4) is 0 Å². The van der Waals surface area contributed by atoms with Crippen LogP contribution >= 0.6 is 11.3 Å².